The van der Waals surface area contributed by atoms with E-state index in [1.165, 1.54) is 11.1 Å². The Bertz CT molecular complexity index is 571. The van der Waals surface area contributed by atoms with Gasteiger partial charge in [0.05, 0.1) is 13.3 Å². The minimum Gasteiger partial charge on any atom is -0.497 e. The molecule has 0 aliphatic heterocycles. The number of nitrogens with one attached hydrogen (secondary N) is 1. The smallest absolute Gasteiger partial charge is 0.255 e. The van der Waals surface area contributed by atoms with Crippen molar-refractivity contribution in [3.63, 3.8) is 0 Å². The summed E-state index contributed by atoms with van der Waals surface area (Å²) in [7, 11) is 3.71. The highest BCUT2D eigenvalue weighted by Gasteiger charge is 2.30. The van der Waals surface area contributed by atoms with Gasteiger partial charge in [-0.25, -0.2) is 4.98 Å². The second kappa shape index (κ2) is 5.89. The fourth-order valence-electron chi connectivity index (χ4n) is 2.75. The molecule has 0 fully saturated rings. The molecule has 0 saturated heterocycles. The van der Waals surface area contributed by atoms with Crippen molar-refractivity contribution in [1.82, 2.24) is 10.3 Å². The van der Waals surface area contributed by atoms with Crippen LogP contribution >= 0.6 is 11.8 Å². The molecule has 0 spiro atoms. The summed E-state index contributed by atoms with van der Waals surface area (Å²) in [6.45, 7) is 0. The molecule has 1 aromatic carbocycles. The maximum absolute atomic E-state index is 5.36. The molecule has 1 N–H and O–H groups in total. The average molecular weight is 290 g/mol. The van der Waals surface area contributed by atoms with Crippen LogP contribution in [-0.4, -0.2) is 24.4 Å². The van der Waals surface area contributed by atoms with Crippen molar-refractivity contribution in [2.24, 2.45) is 0 Å². The Kier molecular flexibility index (Phi) is 3.98. The predicted molar refractivity (Wildman–Crippen MR) is 79.3 cm³/mol. The molecule has 1 aliphatic carbocycles. The third-order valence-corrected chi connectivity index (χ3v) is 4.94. The van der Waals surface area contributed by atoms with Crippen LogP contribution in [0.5, 0.6) is 5.75 Å². The van der Waals surface area contributed by atoms with Gasteiger partial charge in [0, 0.05) is 11.3 Å². The number of thioether (sulfide) groups is 1. The van der Waals surface area contributed by atoms with Gasteiger partial charge in [0.2, 0.25) is 0 Å². The number of aromatic nitrogens is 1. The van der Waals surface area contributed by atoms with E-state index >= 15 is 0 Å². The minimum atomic E-state index is 0.283. The lowest BCUT2D eigenvalue weighted by molar-refractivity contribution is 0.411. The molecule has 2 unspecified atom stereocenters. The molecular weight excluding hydrogens is 272 g/mol. The maximum atomic E-state index is 5.36. The van der Waals surface area contributed by atoms with Crippen LogP contribution in [0.3, 0.4) is 0 Å². The van der Waals surface area contributed by atoms with E-state index in [9.17, 15) is 0 Å². The number of oxazole rings is 1. The first-order valence-electron chi connectivity index (χ1n) is 6.72. The Hall–Kier alpha value is -1.46. The first-order chi connectivity index (χ1) is 9.81. The summed E-state index contributed by atoms with van der Waals surface area (Å²) in [6, 6.07) is 6.63. The first-order valence-corrected chi connectivity index (χ1v) is 7.60. The monoisotopic (exact) mass is 290 g/mol. The Morgan fingerprint density at radius 3 is 3.05 bits per heavy atom. The van der Waals surface area contributed by atoms with Gasteiger partial charge in [0.25, 0.3) is 5.22 Å². The third kappa shape index (κ3) is 2.55. The number of rotatable bonds is 4. The standard InChI is InChI=1S/C15H18N2O2S/c1-16-14-12-9-11(18-2)5-3-10(12)4-6-13(14)20-15-17-7-8-19-15/h3,5,7-9,13-14,16H,4,6H2,1-2H3. The fourth-order valence-corrected chi connectivity index (χ4v) is 3.89. The normalized spacial score (nSPS) is 21.5. The second-order valence-electron chi connectivity index (χ2n) is 4.82. The summed E-state index contributed by atoms with van der Waals surface area (Å²) >= 11 is 1.70. The summed E-state index contributed by atoms with van der Waals surface area (Å²) < 4.78 is 10.7. The number of fused-ring (bicyclic) bond motifs is 1. The van der Waals surface area contributed by atoms with Gasteiger partial charge in [-0.3, -0.25) is 0 Å². The molecule has 0 bridgehead atoms. The molecule has 2 atom stereocenters. The number of hydrogen-bond acceptors (Lipinski definition) is 5. The molecule has 1 aromatic heterocycles. The maximum Gasteiger partial charge on any atom is 0.255 e. The highest BCUT2D eigenvalue weighted by molar-refractivity contribution is 7.99. The molecule has 0 amide bonds. The van der Waals surface area contributed by atoms with Crippen molar-refractivity contribution in [3.05, 3.63) is 41.8 Å². The summed E-state index contributed by atoms with van der Waals surface area (Å²) in [4.78, 5) is 4.21. The molecule has 5 heteroatoms. The van der Waals surface area contributed by atoms with Crippen molar-refractivity contribution in [1.29, 1.82) is 0 Å². The summed E-state index contributed by atoms with van der Waals surface area (Å²) in [6.07, 6.45) is 5.50. The van der Waals surface area contributed by atoms with E-state index in [2.05, 4.69) is 22.4 Å². The van der Waals surface area contributed by atoms with Crippen LogP contribution in [-0.2, 0) is 6.42 Å². The predicted octanol–water partition coefficient (Wildman–Crippen LogP) is 3.05. The van der Waals surface area contributed by atoms with Crippen molar-refractivity contribution < 1.29 is 9.15 Å². The van der Waals surface area contributed by atoms with E-state index in [0.29, 0.717) is 5.25 Å². The molecule has 20 heavy (non-hydrogen) atoms. The quantitative estimate of drug-likeness (QED) is 0.937. The summed E-state index contributed by atoms with van der Waals surface area (Å²) in [5.41, 5.74) is 2.72. The van der Waals surface area contributed by atoms with Gasteiger partial charge in [0.1, 0.15) is 12.0 Å². The van der Waals surface area contributed by atoms with Crippen LogP contribution < -0.4 is 10.1 Å². The van der Waals surface area contributed by atoms with Crippen LogP contribution in [0.2, 0.25) is 0 Å². The van der Waals surface area contributed by atoms with Crippen LogP contribution in [0.1, 0.15) is 23.6 Å². The number of benzene rings is 1. The Morgan fingerprint density at radius 1 is 1.45 bits per heavy atom. The molecule has 3 rings (SSSR count). The summed E-state index contributed by atoms with van der Waals surface area (Å²) in [5.74, 6) is 0.908. The first kappa shape index (κ1) is 13.5. The molecule has 4 nitrogen and oxygen atoms in total. The molecule has 1 aliphatic rings. The number of nitrogens with zero attached hydrogens (tertiary/aromatic N) is 1. The van der Waals surface area contributed by atoms with Gasteiger partial charge in [-0.1, -0.05) is 17.8 Å². The van der Waals surface area contributed by atoms with Gasteiger partial charge >= 0.3 is 0 Å². The van der Waals surface area contributed by atoms with Gasteiger partial charge in [-0.2, -0.15) is 0 Å². The topological polar surface area (TPSA) is 47.3 Å². The lowest BCUT2D eigenvalue weighted by atomic mass is 9.87. The van der Waals surface area contributed by atoms with E-state index in [1.54, 1.807) is 31.3 Å². The van der Waals surface area contributed by atoms with E-state index in [-0.39, 0.29) is 6.04 Å². The molecule has 0 saturated carbocycles. The number of hydrogen-bond donors (Lipinski definition) is 1. The molecular formula is C15H18N2O2S. The van der Waals surface area contributed by atoms with Crippen molar-refractivity contribution in [2.75, 3.05) is 14.2 Å². The Morgan fingerprint density at radius 2 is 2.35 bits per heavy atom. The highest BCUT2D eigenvalue weighted by Crippen LogP contribution is 2.40. The fraction of sp³-hybridized carbons (Fsp3) is 0.400. The number of ether oxygens (including phenoxy) is 1. The van der Waals surface area contributed by atoms with Crippen molar-refractivity contribution in [3.8, 4) is 5.75 Å². The van der Waals surface area contributed by atoms with Crippen molar-refractivity contribution in [2.45, 2.75) is 29.4 Å². The van der Waals surface area contributed by atoms with Gasteiger partial charge < -0.3 is 14.5 Å². The highest BCUT2D eigenvalue weighted by atomic mass is 32.2. The van der Waals surface area contributed by atoms with E-state index in [4.69, 9.17) is 9.15 Å². The minimum absolute atomic E-state index is 0.283. The van der Waals surface area contributed by atoms with Gasteiger partial charge in [-0.15, -0.1) is 0 Å². The zero-order chi connectivity index (χ0) is 13.9. The van der Waals surface area contributed by atoms with Crippen LogP contribution in [0, 0.1) is 0 Å². The summed E-state index contributed by atoms with van der Waals surface area (Å²) in [5, 5.41) is 4.58. The SMILES string of the molecule is CNC1c2cc(OC)ccc2CCC1Sc1ncco1. The molecule has 2 aromatic rings. The number of aryl methyl sites for hydroxylation is 1. The second-order valence-corrected chi connectivity index (χ2v) is 6.01. The molecule has 106 valence electrons. The third-order valence-electron chi connectivity index (χ3n) is 3.73. The van der Waals surface area contributed by atoms with E-state index in [1.807, 2.05) is 13.1 Å². The Balaban J connectivity index is 1.88. The Labute approximate surface area is 122 Å². The zero-order valence-corrected chi connectivity index (χ0v) is 12.4. The largest absolute Gasteiger partial charge is 0.497 e. The molecule has 1 heterocycles. The average Bonchev–Trinajstić information content (AvgIpc) is 2.99. The van der Waals surface area contributed by atoms with Crippen LogP contribution in [0.25, 0.3) is 0 Å². The van der Waals surface area contributed by atoms with E-state index in [0.717, 1.165) is 23.8 Å². The lowest BCUT2D eigenvalue weighted by Gasteiger charge is -2.32. The number of methoxy groups -OCH3 is 1. The van der Waals surface area contributed by atoms with Crippen LogP contribution in [0.15, 0.2) is 40.3 Å². The van der Waals surface area contributed by atoms with E-state index < -0.39 is 0 Å². The lowest BCUT2D eigenvalue weighted by Crippen LogP contribution is -2.32. The van der Waals surface area contributed by atoms with Gasteiger partial charge in [-0.05, 0) is 43.1 Å². The van der Waals surface area contributed by atoms with Gasteiger partial charge in [0.15, 0.2) is 0 Å². The zero-order valence-electron chi connectivity index (χ0n) is 11.6. The van der Waals surface area contributed by atoms with Crippen molar-refractivity contribution >= 4 is 11.8 Å². The molecule has 0 radical (unpaired) electrons. The van der Waals surface area contributed by atoms with Crippen LogP contribution in [0.4, 0.5) is 0 Å².